The summed E-state index contributed by atoms with van der Waals surface area (Å²) in [7, 11) is 2.15. The second-order valence-electron chi connectivity index (χ2n) is 5.36. The van der Waals surface area contributed by atoms with Crippen LogP contribution in [0.2, 0.25) is 5.02 Å². The highest BCUT2D eigenvalue weighted by Gasteiger charge is 2.14. The van der Waals surface area contributed by atoms with Crippen LogP contribution in [-0.2, 0) is 0 Å². The van der Waals surface area contributed by atoms with Crippen molar-refractivity contribution in [2.75, 3.05) is 38.1 Å². The first-order chi connectivity index (χ1) is 10.1. The molecule has 1 saturated heterocycles. The van der Waals surface area contributed by atoms with Crippen molar-refractivity contribution in [2.45, 2.75) is 0 Å². The molecule has 6 heteroatoms. The van der Waals surface area contributed by atoms with Gasteiger partial charge in [-0.3, -0.25) is 9.36 Å². The number of anilines is 1. The number of pyridine rings is 1. The molecule has 1 aromatic carbocycles. The van der Waals surface area contributed by atoms with E-state index in [2.05, 4.69) is 29.0 Å². The van der Waals surface area contributed by atoms with Crippen LogP contribution in [0.15, 0.2) is 47.4 Å². The van der Waals surface area contributed by atoms with Crippen LogP contribution in [0.25, 0.3) is 5.69 Å². The number of piperazine rings is 1. The molecule has 0 amide bonds. The second kappa shape index (κ2) is 7.18. The number of halogens is 2. The Labute approximate surface area is 141 Å². The number of rotatable bonds is 2. The molecular formula is C16H19Cl2N3O. The van der Waals surface area contributed by atoms with E-state index in [1.165, 1.54) is 11.8 Å². The van der Waals surface area contributed by atoms with Gasteiger partial charge in [-0.05, 0) is 37.4 Å². The Balaban J connectivity index is 0.00000176. The van der Waals surface area contributed by atoms with Gasteiger partial charge in [0.1, 0.15) is 0 Å². The summed E-state index contributed by atoms with van der Waals surface area (Å²) in [6, 6.07) is 11.2. The Hall–Kier alpha value is -1.49. The Kier molecular flexibility index (Phi) is 5.51. The van der Waals surface area contributed by atoms with Gasteiger partial charge >= 0.3 is 0 Å². The van der Waals surface area contributed by atoms with Gasteiger partial charge in [0.25, 0.3) is 5.56 Å². The smallest absolute Gasteiger partial charge is 0.256 e. The van der Waals surface area contributed by atoms with Crippen molar-refractivity contribution in [3.63, 3.8) is 0 Å². The quantitative estimate of drug-likeness (QED) is 0.842. The normalized spacial score (nSPS) is 15.5. The SMILES string of the molecule is CN1CCN(c2ccc(-n3ccc(Cl)cc3=O)cc2)CC1.Cl. The third-order valence-electron chi connectivity index (χ3n) is 3.88. The zero-order valence-corrected chi connectivity index (χ0v) is 14.0. The van der Waals surface area contributed by atoms with E-state index < -0.39 is 0 Å². The molecule has 0 N–H and O–H groups in total. The van der Waals surface area contributed by atoms with Crippen LogP contribution in [-0.4, -0.2) is 42.7 Å². The van der Waals surface area contributed by atoms with E-state index in [0.29, 0.717) is 5.02 Å². The summed E-state index contributed by atoms with van der Waals surface area (Å²) in [6.07, 6.45) is 1.70. The van der Waals surface area contributed by atoms with Gasteiger partial charge in [0.2, 0.25) is 0 Å². The molecule has 3 rings (SSSR count). The maximum atomic E-state index is 11.9. The van der Waals surface area contributed by atoms with Crippen LogP contribution in [0.1, 0.15) is 0 Å². The van der Waals surface area contributed by atoms with Crippen molar-refractivity contribution in [1.29, 1.82) is 0 Å². The zero-order chi connectivity index (χ0) is 14.8. The summed E-state index contributed by atoms with van der Waals surface area (Å²) >= 11 is 5.82. The number of benzene rings is 1. The summed E-state index contributed by atoms with van der Waals surface area (Å²) in [5.74, 6) is 0. The molecule has 1 aromatic heterocycles. The number of likely N-dealkylation sites (N-methyl/N-ethyl adjacent to an activating group) is 1. The Morgan fingerprint density at radius 3 is 2.14 bits per heavy atom. The average molecular weight is 340 g/mol. The van der Waals surface area contributed by atoms with Crippen molar-refractivity contribution in [3.05, 3.63) is 58.0 Å². The lowest BCUT2D eigenvalue weighted by Crippen LogP contribution is -2.44. The lowest BCUT2D eigenvalue weighted by Gasteiger charge is -2.34. The molecule has 0 aliphatic carbocycles. The first kappa shape index (κ1) is 16.9. The first-order valence-electron chi connectivity index (χ1n) is 7.05. The lowest BCUT2D eigenvalue weighted by atomic mass is 10.2. The lowest BCUT2D eigenvalue weighted by molar-refractivity contribution is 0.313. The van der Waals surface area contributed by atoms with Gasteiger partial charge in [-0.25, -0.2) is 0 Å². The molecule has 0 radical (unpaired) electrons. The molecule has 2 aromatic rings. The molecule has 0 unspecified atom stereocenters. The minimum atomic E-state index is -0.116. The molecule has 2 heterocycles. The molecular weight excluding hydrogens is 321 g/mol. The minimum Gasteiger partial charge on any atom is -0.369 e. The standard InChI is InChI=1S/C16H18ClN3O.ClH/c1-18-8-10-19(11-9-18)14-2-4-15(5-3-14)20-7-6-13(17)12-16(20)21;/h2-7,12H,8-11H2,1H3;1H. The van der Waals surface area contributed by atoms with Crippen molar-refractivity contribution >= 4 is 29.7 Å². The maximum Gasteiger partial charge on any atom is 0.256 e. The highest BCUT2D eigenvalue weighted by Crippen LogP contribution is 2.18. The summed E-state index contributed by atoms with van der Waals surface area (Å²) in [6.45, 7) is 4.24. The fourth-order valence-electron chi connectivity index (χ4n) is 2.56. The molecule has 0 bridgehead atoms. The van der Waals surface area contributed by atoms with Gasteiger partial charge < -0.3 is 9.80 Å². The van der Waals surface area contributed by atoms with E-state index >= 15 is 0 Å². The average Bonchev–Trinajstić information content (AvgIpc) is 2.48. The Morgan fingerprint density at radius 2 is 1.55 bits per heavy atom. The van der Waals surface area contributed by atoms with Crippen molar-refractivity contribution < 1.29 is 0 Å². The van der Waals surface area contributed by atoms with Crippen LogP contribution in [0.4, 0.5) is 5.69 Å². The van der Waals surface area contributed by atoms with Crippen LogP contribution in [0, 0.1) is 0 Å². The van der Waals surface area contributed by atoms with E-state index in [-0.39, 0.29) is 18.0 Å². The second-order valence-corrected chi connectivity index (χ2v) is 5.80. The molecule has 0 atom stereocenters. The summed E-state index contributed by atoms with van der Waals surface area (Å²) in [4.78, 5) is 16.6. The van der Waals surface area contributed by atoms with Crippen LogP contribution >= 0.6 is 24.0 Å². The van der Waals surface area contributed by atoms with E-state index in [4.69, 9.17) is 11.6 Å². The Morgan fingerprint density at radius 1 is 0.955 bits per heavy atom. The zero-order valence-electron chi connectivity index (χ0n) is 12.4. The highest BCUT2D eigenvalue weighted by molar-refractivity contribution is 6.30. The van der Waals surface area contributed by atoms with Gasteiger partial charge in [-0.1, -0.05) is 11.6 Å². The van der Waals surface area contributed by atoms with Gasteiger partial charge in [0.05, 0.1) is 0 Å². The maximum absolute atomic E-state index is 11.9. The van der Waals surface area contributed by atoms with Gasteiger partial charge in [-0.15, -0.1) is 12.4 Å². The minimum absolute atomic E-state index is 0. The fourth-order valence-corrected chi connectivity index (χ4v) is 2.71. The van der Waals surface area contributed by atoms with Crippen LogP contribution in [0.5, 0.6) is 0 Å². The predicted octanol–water partition coefficient (Wildman–Crippen LogP) is 2.66. The van der Waals surface area contributed by atoms with E-state index in [1.807, 2.05) is 12.1 Å². The molecule has 22 heavy (non-hydrogen) atoms. The van der Waals surface area contributed by atoms with E-state index in [0.717, 1.165) is 31.9 Å². The van der Waals surface area contributed by atoms with Crippen LogP contribution < -0.4 is 10.5 Å². The number of nitrogens with zero attached hydrogens (tertiary/aromatic N) is 3. The fraction of sp³-hybridized carbons (Fsp3) is 0.312. The van der Waals surface area contributed by atoms with Gasteiger partial charge in [-0.2, -0.15) is 0 Å². The molecule has 0 saturated carbocycles. The van der Waals surface area contributed by atoms with Gasteiger partial charge in [0, 0.05) is 54.8 Å². The monoisotopic (exact) mass is 339 g/mol. The third kappa shape index (κ3) is 3.64. The summed E-state index contributed by atoms with van der Waals surface area (Å²) < 4.78 is 1.60. The highest BCUT2D eigenvalue weighted by atomic mass is 35.5. The summed E-state index contributed by atoms with van der Waals surface area (Å²) in [5.41, 5.74) is 1.94. The van der Waals surface area contributed by atoms with E-state index in [9.17, 15) is 4.79 Å². The first-order valence-corrected chi connectivity index (χ1v) is 7.43. The van der Waals surface area contributed by atoms with Gasteiger partial charge in [0.15, 0.2) is 0 Å². The summed E-state index contributed by atoms with van der Waals surface area (Å²) in [5, 5.41) is 0.463. The topological polar surface area (TPSA) is 28.5 Å². The largest absolute Gasteiger partial charge is 0.369 e. The molecule has 1 aliphatic rings. The third-order valence-corrected chi connectivity index (χ3v) is 4.11. The number of aromatic nitrogens is 1. The molecule has 118 valence electrons. The van der Waals surface area contributed by atoms with Crippen molar-refractivity contribution in [1.82, 2.24) is 9.47 Å². The molecule has 0 spiro atoms. The van der Waals surface area contributed by atoms with E-state index in [1.54, 1.807) is 16.8 Å². The predicted molar refractivity (Wildman–Crippen MR) is 94.0 cm³/mol. The van der Waals surface area contributed by atoms with Crippen molar-refractivity contribution in [2.24, 2.45) is 0 Å². The molecule has 4 nitrogen and oxygen atoms in total. The van der Waals surface area contributed by atoms with Crippen LogP contribution in [0.3, 0.4) is 0 Å². The molecule has 1 aliphatic heterocycles. The Bertz CT molecular complexity index is 677. The molecule has 1 fully saturated rings. The van der Waals surface area contributed by atoms with Crippen molar-refractivity contribution in [3.8, 4) is 5.69 Å². The number of hydrogen-bond acceptors (Lipinski definition) is 3. The number of hydrogen-bond donors (Lipinski definition) is 0.